The zero-order chi connectivity index (χ0) is 31.0. The van der Waals surface area contributed by atoms with Crippen LogP contribution in [0, 0.1) is 5.82 Å². The van der Waals surface area contributed by atoms with Crippen molar-refractivity contribution in [2.45, 2.75) is 50.6 Å². The van der Waals surface area contributed by atoms with Gasteiger partial charge >= 0.3 is 0 Å². The number of rotatable bonds is 6. The molecule has 3 saturated heterocycles. The van der Waals surface area contributed by atoms with Crippen LogP contribution in [-0.4, -0.2) is 71.5 Å². The smallest absolute Gasteiger partial charge is 0.234 e. The fourth-order valence-electron chi connectivity index (χ4n) is 6.29. The minimum atomic E-state index is -0.636. The summed E-state index contributed by atoms with van der Waals surface area (Å²) >= 11 is 6.96. The van der Waals surface area contributed by atoms with Crippen molar-refractivity contribution in [3.8, 4) is 11.3 Å². The summed E-state index contributed by atoms with van der Waals surface area (Å²) in [4.78, 5) is 39.7. The molecule has 12 heteroatoms. The van der Waals surface area contributed by atoms with Gasteiger partial charge in [0.05, 0.1) is 22.8 Å². The Morgan fingerprint density at radius 1 is 1.07 bits per heavy atom. The highest BCUT2D eigenvalue weighted by atomic mass is 35.5. The molecule has 1 aromatic heterocycles. The molecule has 4 heterocycles. The van der Waals surface area contributed by atoms with Crippen LogP contribution >= 0.6 is 11.6 Å². The van der Waals surface area contributed by atoms with E-state index in [2.05, 4.69) is 36.9 Å². The van der Waals surface area contributed by atoms with E-state index in [1.807, 2.05) is 24.3 Å². The average molecular weight is 621 g/mol. The molecule has 0 radical (unpaired) electrons. The molecule has 3 aromatic rings. The van der Waals surface area contributed by atoms with Gasteiger partial charge in [-0.2, -0.15) is 0 Å². The molecule has 3 aliphatic rings. The Kier molecular flexibility index (Phi) is 8.45. The average Bonchev–Trinajstić information content (AvgIpc) is 2.99. The van der Waals surface area contributed by atoms with Gasteiger partial charge < -0.3 is 21.3 Å². The van der Waals surface area contributed by atoms with Crippen LogP contribution in [-0.2, 0) is 16.1 Å². The number of benzene rings is 2. The maximum absolute atomic E-state index is 15.0. The summed E-state index contributed by atoms with van der Waals surface area (Å²) in [5.41, 5.74) is 15.9. The summed E-state index contributed by atoms with van der Waals surface area (Å²) in [6, 6.07) is 10.9. The van der Waals surface area contributed by atoms with Crippen LogP contribution in [0.1, 0.15) is 49.7 Å². The summed E-state index contributed by atoms with van der Waals surface area (Å²) in [5, 5.41) is 2.89. The number of piperidine rings is 2. The zero-order valence-electron chi connectivity index (χ0n) is 24.9. The van der Waals surface area contributed by atoms with Crippen molar-refractivity contribution in [2.75, 3.05) is 54.8 Å². The maximum atomic E-state index is 15.0. The van der Waals surface area contributed by atoms with E-state index in [1.54, 1.807) is 12.3 Å². The van der Waals surface area contributed by atoms with Crippen LogP contribution in [0.4, 0.5) is 21.7 Å². The first-order chi connectivity index (χ1) is 21.1. The number of aromatic nitrogens is 2. The third-order valence-corrected chi connectivity index (χ3v) is 9.45. The molecule has 3 fully saturated rings. The monoisotopic (exact) mass is 620 g/mol. The van der Waals surface area contributed by atoms with E-state index in [9.17, 15) is 9.59 Å². The molecule has 5 N–H and O–H groups in total. The van der Waals surface area contributed by atoms with Gasteiger partial charge in [-0.05, 0) is 43.9 Å². The van der Waals surface area contributed by atoms with Crippen molar-refractivity contribution in [3.05, 3.63) is 64.6 Å². The number of nitrogens with zero attached hydrogens (tertiary/aromatic N) is 5. The first kappa shape index (κ1) is 30.2. The Hall–Kier alpha value is -3.80. The molecule has 3 aliphatic heterocycles. The van der Waals surface area contributed by atoms with Gasteiger partial charge in [0.1, 0.15) is 17.3 Å². The Labute approximate surface area is 261 Å². The first-order valence-corrected chi connectivity index (χ1v) is 15.5. The lowest BCUT2D eigenvalue weighted by Crippen LogP contribution is -2.48. The van der Waals surface area contributed by atoms with Crippen LogP contribution in [0.2, 0.25) is 5.02 Å². The number of piperazine rings is 1. The van der Waals surface area contributed by atoms with Crippen molar-refractivity contribution in [1.82, 2.24) is 20.2 Å². The number of carbonyl (C=O) groups is 2. The van der Waals surface area contributed by atoms with Crippen LogP contribution in [0.5, 0.6) is 0 Å². The molecule has 1 atom stereocenters. The molecular formula is C32H38ClFN8O2. The second-order valence-electron chi connectivity index (χ2n) is 12.4. The minimum Gasteiger partial charge on any atom is -0.382 e. The summed E-state index contributed by atoms with van der Waals surface area (Å²) in [6.45, 7) is 7.32. The van der Waals surface area contributed by atoms with Gasteiger partial charge in [-0.25, -0.2) is 14.4 Å². The van der Waals surface area contributed by atoms with Gasteiger partial charge in [-0.15, -0.1) is 0 Å². The van der Waals surface area contributed by atoms with Crippen molar-refractivity contribution in [2.24, 2.45) is 5.73 Å². The van der Waals surface area contributed by atoms with Crippen LogP contribution in [0.15, 0.2) is 42.6 Å². The van der Waals surface area contributed by atoms with Crippen LogP contribution in [0.25, 0.3) is 11.3 Å². The number of carbonyl (C=O) groups excluding carboxylic acids is 2. The summed E-state index contributed by atoms with van der Waals surface area (Å²) in [7, 11) is 0. The Balaban J connectivity index is 1.09. The van der Waals surface area contributed by atoms with E-state index in [-0.39, 0.29) is 17.9 Å². The fraction of sp³-hybridized carbons (Fsp3) is 0.438. The van der Waals surface area contributed by atoms with Gasteiger partial charge in [-0.3, -0.25) is 19.8 Å². The van der Waals surface area contributed by atoms with E-state index in [4.69, 9.17) is 23.1 Å². The highest BCUT2D eigenvalue weighted by molar-refractivity contribution is 6.36. The second kappa shape index (κ2) is 12.3. The van der Waals surface area contributed by atoms with Gasteiger partial charge in [0.15, 0.2) is 5.82 Å². The number of hydrogen-bond donors (Lipinski definition) is 3. The number of imide groups is 1. The lowest BCUT2D eigenvalue weighted by Gasteiger charge is -2.37. The summed E-state index contributed by atoms with van der Waals surface area (Å²) in [5.74, 6) is -0.710. The van der Waals surface area contributed by atoms with Crippen molar-refractivity contribution < 1.29 is 14.0 Å². The Morgan fingerprint density at radius 3 is 2.50 bits per heavy atom. The van der Waals surface area contributed by atoms with E-state index >= 15 is 4.39 Å². The van der Waals surface area contributed by atoms with Crippen molar-refractivity contribution >= 4 is 40.7 Å². The zero-order valence-corrected chi connectivity index (χ0v) is 25.6. The van der Waals surface area contributed by atoms with Crippen molar-refractivity contribution in [1.29, 1.82) is 0 Å². The Morgan fingerprint density at radius 2 is 1.82 bits per heavy atom. The van der Waals surface area contributed by atoms with Crippen molar-refractivity contribution in [3.63, 3.8) is 0 Å². The first-order valence-electron chi connectivity index (χ1n) is 15.1. The fourth-order valence-corrected chi connectivity index (χ4v) is 6.63. The van der Waals surface area contributed by atoms with Crippen LogP contribution < -0.4 is 26.6 Å². The number of hydrogen-bond acceptors (Lipinski definition) is 9. The maximum Gasteiger partial charge on any atom is 0.234 e. The molecule has 1 unspecified atom stereocenters. The third-order valence-electron chi connectivity index (χ3n) is 9.05. The molecule has 10 nitrogen and oxygen atoms in total. The van der Waals surface area contributed by atoms with Gasteiger partial charge in [-0.1, -0.05) is 35.9 Å². The molecule has 0 bridgehead atoms. The van der Waals surface area contributed by atoms with Crippen LogP contribution in [0.3, 0.4) is 0 Å². The predicted octanol–water partition coefficient (Wildman–Crippen LogP) is 3.68. The molecule has 2 amide bonds. The number of nitrogens with two attached hydrogens (primary N) is 2. The van der Waals surface area contributed by atoms with E-state index in [0.717, 1.165) is 74.7 Å². The predicted molar refractivity (Wildman–Crippen MR) is 170 cm³/mol. The highest BCUT2D eigenvalue weighted by Crippen LogP contribution is 2.38. The summed E-state index contributed by atoms with van der Waals surface area (Å²) in [6.07, 6.45) is 4.06. The van der Waals surface area contributed by atoms with E-state index in [1.165, 1.54) is 6.07 Å². The molecule has 44 heavy (non-hydrogen) atoms. The number of amides is 2. The molecule has 0 aliphatic carbocycles. The molecule has 232 valence electrons. The van der Waals surface area contributed by atoms with Gasteiger partial charge in [0.2, 0.25) is 11.8 Å². The Bertz CT molecular complexity index is 1570. The number of halogens is 2. The number of anilines is 3. The summed E-state index contributed by atoms with van der Waals surface area (Å²) < 4.78 is 15.0. The number of nitrogen functional groups attached to an aromatic ring is 1. The molecule has 0 saturated carbocycles. The largest absolute Gasteiger partial charge is 0.382 e. The van der Waals surface area contributed by atoms with E-state index < -0.39 is 17.6 Å². The third kappa shape index (κ3) is 6.36. The molecular weight excluding hydrogens is 583 g/mol. The topological polar surface area (TPSA) is 134 Å². The standard InChI is InChI=1S/C32H38ClFN8O2/c1-32(36)9-11-42(12-10-32)26-18-37-29(30(35)38-26)23-3-2-4-25(28(23)33)41-15-13-40(14-16-41)19-20-5-6-21(24(34)17-20)22-7-8-27(43)39-31(22)44/h2-6,17-18,22H,7-16,19,36H2,1H3,(H2,35,38)(H,39,43,44). The van der Waals surface area contributed by atoms with Gasteiger partial charge in [0.25, 0.3) is 0 Å². The molecule has 0 spiro atoms. The highest BCUT2D eigenvalue weighted by Gasteiger charge is 2.31. The lowest BCUT2D eigenvalue weighted by molar-refractivity contribution is -0.134. The normalized spacial score (nSPS) is 21.0. The minimum absolute atomic E-state index is 0.155. The number of nitrogens with one attached hydrogen (secondary N) is 1. The van der Waals surface area contributed by atoms with E-state index in [0.29, 0.717) is 35.1 Å². The molecule has 2 aromatic carbocycles. The second-order valence-corrected chi connectivity index (χ2v) is 12.7. The lowest BCUT2D eigenvalue weighted by atomic mass is 9.89. The van der Waals surface area contributed by atoms with Gasteiger partial charge in [0, 0.05) is 68.9 Å². The SMILES string of the molecule is CC1(N)CCN(c2cnc(-c3cccc(N4CCN(Cc5ccc(C6CCC(=O)NC6=O)c(F)c5)CC4)c3Cl)c(N)n2)CC1. The molecule has 6 rings (SSSR count). The quantitative estimate of drug-likeness (QED) is 0.353.